The first-order valence-corrected chi connectivity index (χ1v) is 6.25. The van der Waals surface area contributed by atoms with Gasteiger partial charge >= 0.3 is 0 Å². The molecule has 1 unspecified atom stereocenters. The SMILES string of the molecule is CC(CCc1cccc(O)c1)CNC1CC1. The molecule has 1 atom stereocenters. The second kappa shape index (κ2) is 5.35. The van der Waals surface area contributed by atoms with Crippen LogP contribution in [-0.4, -0.2) is 17.7 Å². The number of phenols is 1. The van der Waals surface area contributed by atoms with Gasteiger partial charge in [0.15, 0.2) is 0 Å². The minimum absolute atomic E-state index is 0.376. The average Bonchev–Trinajstić information content (AvgIpc) is 3.07. The van der Waals surface area contributed by atoms with Crippen molar-refractivity contribution in [1.82, 2.24) is 5.32 Å². The maximum absolute atomic E-state index is 9.35. The summed E-state index contributed by atoms with van der Waals surface area (Å²) in [5.74, 6) is 1.09. The summed E-state index contributed by atoms with van der Waals surface area (Å²) in [4.78, 5) is 0. The predicted molar refractivity (Wildman–Crippen MR) is 66.6 cm³/mol. The van der Waals surface area contributed by atoms with Crippen LogP contribution in [0.3, 0.4) is 0 Å². The van der Waals surface area contributed by atoms with Crippen molar-refractivity contribution in [2.75, 3.05) is 6.54 Å². The standard InChI is InChI=1S/C14H21NO/c1-11(10-15-13-7-8-13)5-6-12-3-2-4-14(16)9-12/h2-4,9,11,13,15-16H,5-8,10H2,1H3. The predicted octanol–water partition coefficient (Wildman–Crippen LogP) is 2.71. The fraction of sp³-hybridized carbons (Fsp3) is 0.571. The van der Waals surface area contributed by atoms with Gasteiger partial charge in [-0.15, -0.1) is 0 Å². The Labute approximate surface area is 97.7 Å². The first-order valence-electron chi connectivity index (χ1n) is 6.25. The Morgan fingerprint density at radius 3 is 2.94 bits per heavy atom. The molecule has 0 amide bonds. The number of rotatable bonds is 6. The molecule has 2 heteroatoms. The van der Waals surface area contributed by atoms with Crippen molar-refractivity contribution in [1.29, 1.82) is 0 Å². The lowest BCUT2D eigenvalue weighted by molar-refractivity contribution is 0.469. The fourth-order valence-electron chi connectivity index (χ4n) is 1.88. The molecule has 1 aromatic rings. The summed E-state index contributed by atoms with van der Waals surface area (Å²) in [6.07, 6.45) is 4.96. The molecule has 0 bridgehead atoms. The van der Waals surface area contributed by atoms with Crippen LogP contribution in [0.25, 0.3) is 0 Å². The molecule has 0 aliphatic heterocycles. The summed E-state index contributed by atoms with van der Waals surface area (Å²) >= 11 is 0. The van der Waals surface area contributed by atoms with Gasteiger partial charge in [0.25, 0.3) is 0 Å². The van der Waals surface area contributed by atoms with Crippen LogP contribution in [-0.2, 0) is 6.42 Å². The molecular weight excluding hydrogens is 198 g/mol. The molecule has 2 rings (SSSR count). The molecule has 1 aliphatic rings. The van der Waals surface area contributed by atoms with Crippen LogP contribution < -0.4 is 5.32 Å². The largest absolute Gasteiger partial charge is 0.508 e. The van der Waals surface area contributed by atoms with E-state index in [0.29, 0.717) is 11.7 Å². The van der Waals surface area contributed by atoms with E-state index in [1.807, 2.05) is 12.1 Å². The van der Waals surface area contributed by atoms with Crippen LogP contribution in [0.2, 0.25) is 0 Å². The first-order chi connectivity index (χ1) is 7.74. The topological polar surface area (TPSA) is 32.3 Å². The zero-order valence-corrected chi connectivity index (χ0v) is 9.95. The summed E-state index contributed by atoms with van der Waals surface area (Å²) in [5, 5.41) is 12.9. The molecule has 1 saturated carbocycles. The molecule has 0 spiro atoms. The van der Waals surface area contributed by atoms with Gasteiger partial charge in [-0.3, -0.25) is 0 Å². The number of phenolic OH excluding ortho intramolecular Hbond substituents is 1. The quantitative estimate of drug-likeness (QED) is 0.771. The number of aromatic hydroxyl groups is 1. The third-order valence-corrected chi connectivity index (χ3v) is 3.17. The molecule has 0 saturated heterocycles. The Morgan fingerprint density at radius 2 is 2.25 bits per heavy atom. The number of hydrogen-bond acceptors (Lipinski definition) is 2. The Kier molecular flexibility index (Phi) is 3.83. The van der Waals surface area contributed by atoms with Crippen molar-refractivity contribution in [2.45, 2.75) is 38.6 Å². The van der Waals surface area contributed by atoms with E-state index in [-0.39, 0.29) is 0 Å². The normalized spacial score (nSPS) is 17.3. The van der Waals surface area contributed by atoms with Crippen molar-refractivity contribution >= 4 is 0 Å². The maximum atomic E-state index is 9.35. The van der Waals surface area contributed by atoms with Gasteiger partial charge in [0, 0.05) is 6.04 Å². The lowest BCUT2D eigenvalue weighted by atomic mass is 10.0. The summed E-state index contributed by atoms with van der Waals surface area (Å²) in [6, 6.07) is 8.39. The summed E-state index contributed by atoms with van der Waals surface area (Å²) in [6.45, 7) is 3.42. The lowest BCUT2D eigenvalue weighted by Gasteiger charge is -2.12. The molecule has 1 aliphatic carbocycles. The van der Waals surface area contributed by atoms with Crippen molar-refractivity contribution in [3.8, 4) is 5.75 Å². The minimum Gasteiger partial charge on any atom is -0.508 e. The molecule has 2 N–H and O–H groups in total. The third-order valence-electron chi connectivity index (χ3n) is 3.17. The monoisotopic (exact) mass is 219 g/mol. The average molecular weight is 219 g/mol. The molecule has 1 fully saturated rings. The maximum Gasteiger partial charge on any atom is 0.115 e. The van der Waals surface area contributed by atoms with Gasteiger partial charge in [-0.25, -0.2) is 0 Å². The van der Waals surface area contributed by atoms with E-state index < -0.39 is 0 Å². The fourth-order valence-corrected chi connectivity index (χ4v) is 1.88. The summed E-state index contributed by atoms with van der Waals surface area (Å²) in [5.41, 5.74) is 1.23. The lowest BCUT2D eigenvalue weighted by Crippen LogP contribution is -2.23. The van der Waals surface area contributed by atoms with Crippen molar-refractivity contribution < 1.29 is 5.11 Å². The zero-order chi connectivity index (χ0) is 11.4. The highest BCUT2D eigenvalue weighted by Gasteiger charge is 2.20. The van der Waals surface area contributed by atoms with E-state index in [9.17, 15) is 5.11 Å². The van der Waals surface area contributed by atoms with Crippen molar-refractivity contribution in [3.05, 3.63) is 29.8 Å². The highest BCUT2D eigenvalue weighted by Crippen LogP contribution is 2.20. The van der Waals surface area contributed by atoms with Gasteiger partial charge in [0.1, 0.15) is 5.75 Å². The number of nitrogens with one attached hydrogen (secondary N) is 1. The van der Waals surface area contributed by atoms with Gasteiger partial charge in [0.05, 0.1) is 0 Å². The molecule has 1 aromatic carbocycles. The minimum atomic E-state index is 0.376. The number of hydrogen-bond donors (Lipinski definition) is 2. The summed E-state index contributed by atoms with van der Waals surface area (Å²) in [7, 11) is 0. The molecule has 0 aromatic heterocycles. The van der Waals surface area contributed by atoms with E-state index in [2.05, 4.69) is 18.3 Å². The van der Waals surface area contributed by atoms with Crippen LogP contribution in [0.1, 0.15) is 31.7 Å². The third kappa shape index (κ3) is 3.86. The van der Waals surface area contributed by atoms with E-state index in [4.69, 9.17) is 0 Å². The Hall–Kier alpha value is -1.02. The van der Waals surface area contributed by atoms with Gasteiger partial charge in [-0.1, -0.05) is 19.1 Å². The van der Waals surface area contributed by atoms with Crippen LogP contribution in [0.4, 0.5) is 0 Å². The van der Waals surface area contributed by atoms with E-state index >= 15 is 0 Å². The van der Waals surface area contributed by atoms with Gasteiger partial charge in [-0.05, 0) is 55.8 Å². The van der Waals surface area contributed by atoms with E-state index in [0.717, 1.165) is 19.0 Å². The molecule has 0 heterocycles. The highest BCUT2D eigenvalue weighted by molar-refractivity contribution is 5.27. The van der Waals surface area contributed by atoms with Gasteiger partial charge in [0.2, 0.25) is 0 Å². The number of benzene rings is 1. The van der Waals surface area contributed by atoms with Crippen molar-refractivity contribution in [3.63, 3.8) is 0 Å². The van der Waals surface area contributed by atoms with Crippen molar-refractivity contribution in [2.24, 2.45) is 5.92 Å². The van der Waals surface area contributed by atoms with E-state index in [1.54, 1.807) is 6.07 Å². The van der Waals surface area contributed by atoms with Crippen LogP contribution >= 0.6 is 0 Å². The molecule has 16 heavy (non-hydrogen) atoms. The van der Waals surface area contributed by atoms with E-state index in [1.165, 1.54) is 24.8 Å². The highest BCUT2D eigenvalue weighted by atomic mass is 16.3. The molecule has 0 radical (unpaired) electrons. The molecule has 2 nitrogen and oxygen atoms in total. The van der Waals surface area contributed by atoms with Crippen LogP contribution in [0.5, 0.6) is 5.75 Å². The Balaban J connectivity index is 1.69. The second-order valence-electron chi connectivity index (χ2n) is 5.00. The van der Waals surface area contributed by atoms with Gasteiger partial charge in [-0.2, -0.15) is 0 Å². The van der Waals surface area contributed by atoms with Crippen LogP contribution in [0, 0.1) is 5.92 Å². The number of aryl methyl sites for hydroxylation is 1. The zero-order valence-electron chi connectivity index (χ0n) is 9.95. The summed E-state index contributed by atoms with van der Waals surface area (Å²) < 4.78 is 0. The molecule has 88 valence electrons. The Bertz CT molecular complexity index is 333. The second-order valence-corrected chi connectivity index (χ2v) is 5.00. The van der Waals surface area contributed by atoms with Crippen LogP contribution in [0.15, 0.2) is 24.3 Å². The molecular formula is C14H21NO. The first kappa shape index (κ1) is 11.5. The van der Waals surface area contributed by atoms with Gasteiger partial charge < -0.3 is 10.4 Å². The smallest absolute Gasteiger partial charge is 0.115 e. The Morgan fingerprint density at radius 1 is 1.44 bits per heavy atom.